The lowest BCUT2D eigenvalue weighted by Crippen LogP contribution is -2.32. The van der Waals surface area contributed by atoms with Crippen LogP contribution in [0.1, 0.15) is 23.6 Å². The van der Waals surface area contributed by atoms with Crippen LogP contribution >= 0.6 is 0 Å². The Morgan fingerprint density at radius 1 is 1.50 bits per heavy atom. The average molecular weight is 226 g/mol. The average Bonchev–Trinajstić information content (AvgIpc) is 2.60. The number of aryl methyl sites for hydroxylation is 1. The lowest BCUT2D eigenvalue weighted by atomic mass is 10.1. The number of rotatable bonds is 2. The molecular weight excluding hydrogens is 214 g/mol. The quantitative estimate of drug-likeness (QED) is 0.753. The molecule has 1 aromatic rings. The largest absolute Gasteiger partial charge is 0.399 e. The van der Waals surface area contributed by atoms with Crippen LogP contribution in [0.25, 0.3) is 0 Å². The van der Waals surface area contributed by atoms with Gasteiger partial charge in [-0.3, -0.25) is 4.79 Å². The number of anilines is 1. The fourth-order valence-corrected chi connectivity index (χ4v) is 2.02. The third kappa shape index (κ3) is 1.98. The minimum atomic E-state index is -2.96. The molecule has 1 amide bonds. The van der Waals surface area contributed by atoms with E-state index in [1.807, 2.05) is 6.07 Å². The summed E-state index contributed by atoms with van der Waals surface area (Å²) in [5.74, 6) is -1.21. The molecule has 0 radical (unpaired) electrons. The van der Waals surface area contributed by atoms with Gasteiger partial charge in [-0.1, -0.05) is 6.07 Å². The third-order valence-corrected chi connectivity index (χ3v) is 2.76. The molecule has 1 aromatic carbocycles. The van der Waals surface area contributed by atoms with Crippen molar-refractivity contribution in [2.75, 3.05) is 5.73 Å². The highest BCUT2D eigenvalue weighted by Crippen LogP contribution is 2.32. The van der Waals surface area contributed by atoms with Gasteiger partial charge in [-0.25, -0.2) is 0 Å². The summed E-state index contributed by atoms with van der Waals surface area (Å²) in [6, 6.07) is 5.01. The third-order valence-electron chi connectivity index (χ3n) is 2.76. The molecule has 86 valence electrons. The Morgan fingerprint density at radius 3 is 2.94 bits per heavy atom. The number of benzene rings is 1. The van der Waals surface area contributed by atoms with E-state index in [1.165, 1.54) is 0 Å². The zero-order valence-corrected chi connectivity index (χ0v) is 8.54. The number of carbonyl (C=O) groups is 1. The number of halogens is 2. The molecule has 0 bridgehead atoms. The van der Waals surface area contributed by atoms with Crippen molar-refractivity contribution < 1.29 is 13.6 Å². The van der Waals surface area contributed by atoms with E-state index in [0.717, 1.165) is 17.5 Å². The number of hydrogen-bond donors (Lipinski definition) is 2. The summed E-state index contributed by atoms with van der Waals surface area (Å²) in [5, 5.41) is 2.32. The van der Waals surface area contributed by atoms with E-state index in [1.54, 1.807) is 12.1 Å². The molecule has 0 aliphatic heterocycles. The summed E-state index contributed by atoms with van der Waals surface area (Å²) in [5.41, 5.74) is 8.19. The fraction of sp³-hybridized carbons (Fsp3) is 0.364. The molecule has 0 spiro atoms. The van der Waals surface area contributed by atoms with Crippen LogP contribution in [0.4, 0.5) is 14.5 Å². The lowest BCUT2D eigenvalue weighted by Gasteiger charge is -2.13. The summed E-state index contributed by atoms with van der Waals surface area (Å²) in [6.07, 6.45) is -1.55. The smallest absolute Gasteiger partial charge is 0.315 e. The standard InChI is InChI=1S/C11H12F2N2O/c12-10(13)11(16)15-9-4-1-6-5-7(14)2-3-8(6)9/h2-3,5,9-10H,1,4,14H2,(H,15,16). The van der Waals surface area contributed by atoms with E-state index in [9.17, 15) is 13.6 Å². The maximum atomic E-state index is 12.1. The van der Waals surface area contributed by atoms with Crippen molar-refractivity contribution in [3.8, 4) is 0 Å². The van der Waals surface area contributed by atoms with Gasteiger partial charge in [0.15, 0.2) is 0 Å². The topological polar surface area (TPSA) is 55.1 Å². The van der Waals surface area contributed by atoms with E-state index in [0.29, 0.717) is 12.1 Å². The van der Waals surface area contributed by atoms with Crippen LogP contribution in [0.2, 0.25) is 0 Å². The number of alkyl halides is 2. The summed E-state index contributed by atoms with van der Waals surface area (Å²) in [4.78, 5) is 10.9. The molecule has 0 fully saturated rings. The minimum absolute atomic E-state index is 0.308. The van der Waals surface area contributed by atoms with Gasteiger partial charge in [0.2, 0.25) is 0 Å². The zero-order valence-electron chi connectivity index (χ0n) is 8.54. The molecule has 2 rings (SSSR count). The van der Waals surface area contributed by atoms with Crippen LogP contribution in [-0.4, -0.2) is 12.3 Å². The summed E-state index contributed by atoms with van der Waals surface area (Å²) < 4.78 is 24.2. The predicted octanol–water partition coefficient (Wildman–Crippen LogP) is 1.64. The monoisotopic (exact) mass is 226 g/mol. The number of nitrogen functional groups attached to an aromatic ring is 1. The molecule has 1 unspecified atom stereocenters. The van der Waals surface area contributed by atoms with Gasteiger partial charge in [0.25, 0.3) is 5.91 Å². The molecule has 5 heteroatoms. The summed E-state index contributed by atoms with van der Waals surface area (Å²) >= 11 is 0. The van der Waals surface area contributed by atoms with E-state index in [2.05, 4.69) is 5.32 Å². The molecule has 0 aromatic heterocycles. The van der Waals surface area contributed by atoms with Gasteiger partial charge >= 0.3 is 6.43 Å². The first-order chi connectivity index (χ1) is 7.58. The number of hydrogen-bond acceptors (Lipinski definition) is 2. The molecule has 0 saturated heterocycles. The van der Waals surface area contributed by atoms with Crippen LogP contribution in [0, 0.1) is 0 Å². The Morgan fingerprint density at radius 2 is 2.25 bits per heavy atom. The van der Waals surface area contributed by atoms with Crippen molar-refractivity contribution in [2.45, 2.75) is 25.3 Å². The van der Waals surface area contributed by atoms with E-state index >= 15 is 0 Å². The highest BCUT2D eigenvalue weighted by molar-refractivity contribution is 5.79. The van der Waals surface area contributed by atoms with Gasteiger partial charge in [-0.2, -0.15) is 8.78 Å². The first kappa shape index (κ1) is 10.9. The van der Waals surface area contributed by atoms with E-state index in [4.69, 9.17) is 5.73 Å². The van der Waals surface area contributed by atoms with Crippen LogP contribution in [0.3, 0.4) is 0 Å². The Labute approximate surface area is 91.6 Å². The second-order valence-corrected chi connectivity index (χ2v) is 3.86. The first-order valence-corrected chi connectivity index (χ1v) is 5.05. The molecule has 0 heterocycles. The number of nitrogens with one attached hydrogen (secondary N) is 1. The second-order valence-electron chi connectivity index (χ2n) is 3.86. The van der Waals surface area contributed by atoms with Crippen molar-refractivity contribution in [2.24, 2.45) is 0 Å². The first-order valence-electron chi connectivity index (χ1n) is 5.05. The molecule has 1 atom stereocenters. The highest BCUT2D eigenvalue weighted by Gasteiger charge is 2.26. The van der Waals surface area contributed by atoms with Crippen LogP contribution < -0.4 is 11.1 Å². The summed E-state index contributed by atoms with van der Waals surface area (Å²) in [6.45, 7) is 0. The molecule has 16 heavy (non-hydrogen) atoms. The van der Waals surface area contributed by atoms with Crippen LogP contribution in [0.5, 0.6) is 0 Å². The number of fused-ring (bicyclic) bond motifs is 1. The number of nitrogens with two attached hydrogens (primary N) is 1. The van der Waals surface area contributed by atoms with Gasteiger partial charge in [0, 0.05) is 5.69 Å². The Hall–Kier alpha value is -1.65. The maximum absolute atomic E-state index is 12.1. The predicted molar refractivity (Wildman–Crippen MR) is 56.1 cm³/mol. The molecule has 3 nitrogen and oxygen atoms in total. The maximum Gasteiger partial charge on any atom is 0.315 e. The van der Waals surface area contributed by atoms with Gasteiger partial charge in [-0.05, 0) is 36.1 Å². The van der Waals surface area contributed by atoms with Crippen molar-refractivity contribution in [3.05, 3.63) is 29.3 Å². The van der Waals surface area contributed by atoms with Gasteiger partial charge < -0.3 is 11.1 Å². The van der Waals surface area contributed by atoms with Crippen LogP contribution in [0.15, 0.2) is 18.2 Å². The van der Waals surface area contributed by atoms with Crippen molar-refractivity contribution in [1.29, 1.82) is 0 Å². The minimum Gasteiger partial charge on any atom is -0.399 e. The Balaban J connectivity index is 2.15. The number of carbonyl (C=O) groups excluding carboxylic acids is 1. The normalized spacial score (nSPS) is 18.6. The van der Waals surface area contributed by atoms with Crippen molar-refractivity contribution >= 4 is 11.6 Å². The fourth-order valence-electron chi connectivity index (χ4n) is 2.02. The SMILES string of the molecule is Nc1ccc2c(c1)CCC2NC(=O)C(F)F. The Kier molecular flexibility index (Phi) is 2.77. The molecule has 1 aliphatic carbocycles. The number of amides is 1. The highest BCUT2D eigenvalue weighted by atomic mass is 19.3. The van der Waals surface area contributed by atoms with Gasteiger partial charge in [0.05, 0.1) is 6.04 Å². The van der Waals surface area contributed by atoms with Gasteiger partial charge in [-0.15, -0.1) is 0 Å². The summed E-state index contributed by atoms with van der Waals surface area (Å²) in [7, 11) is 0. The zero-order chi connectivity index (χ0) is 11.7. The molecule has 3 N–H and O–H groups in total. The molecule has 1 aliphatic rings. The van der Waals surface area contributed by atoms with Crippen molar-refractivity contribution in [3.63, 3.8) is 0 Å². The molecule has 0 saturated carbocycles. The van der Waals surface area contributed by atoms with E-state index in [-0.39, 0.29) is 6.04 Å². The molecular formula is C11H12F2N2O. The lowest BCUT2D eigenvalue weighted by molar-refractivity contribution is -0.132. The van der Waals surface area contributed by atoms with E-state index < -0.39 is 12.3 Å². The van der Waals surface area contributed by atoms with Crippen molar-refractivity contribution in [1.82, 2.24) is 5.32 Å². The van der Waals surface area contributed by atoms with Crippen LogP contribution in [-0.2, 0) is 11.2 Å². The Bertz CT molecular complexity index is 420. The second kappa shape index (κ2) is 4.08. The van der Waals surface area contributed by atoms with Gasteiger partial charge in [0.1, 0.15) is 0 Å².